The Morgan fingerprint density at radius 1 is 1.82 bits per heavy atom. The molecule has 11 heavy (non-hydrogen) atoms. The molecule has 2 heteroatoms. The summed E-state index contributed by atoms with van der Waals surface area (Å²) in [5.41, 5.74) is 1.20. The first kappa shape index (κ1) is 8.31. The van der Waals surface area contributed by atoms with Crippen LogP contribution in [0.25, 0.3) is 0 Å². The number of carbonyl (C=O) groups is 1. The Labute approximate surface area is 67.2 Å². The van der Waals surface area contributed by atoms with E-state index in [0.717, 1.165) is 12.8 Å². The van der Waals surface area contributed by atoms with Gasteiger partial charge in [-0.15, -0.1) is 0 Å². The fourth-order valence-corrected chi connectivity index (χ4v) is 1.22. The number of allylic oxidation sites excluding steroid dienone is 1. The van der Waals surface area contributed by atoms with Gasteiger partial charge in [0.1, 0.15) is 6.10 Å². The largest absolute Gasteiger partial charge is 0.458 e. The quantitative estimate of drug-likeness (QED) is 0.449. The van der Waals surface area contributed by atoms with Crippen molar-refractivity contribution >= 4 is 5.97 Å². The van der Waals surface area contributed by atoms with Crippen molar-refractivity contribution in [3.05, 3.63) is 11.6 Å². The molecule has 0 heterocycles. The Bertz CT molecular complexity index is 182. The summed E-state index contributed by atoms with van der Waals surface area (Å²) in [6.07, 6.45) is 4.70. The molecule has 0 aliphatic heterocycles. The highest BCUT2D eigenvalue weighted by Gasteiger charge is 2.18. The van der Waals surface area contributed by atoms with Crippen molar-refractivity contribution < 1.29 is 9.53 Å². The van der Waals surface area contributed by atoms with Crippen LogP contribution < -0.4 is 0 Å². The molecule has 0 radical (unpaired) electrons. The molecule has 1 rings (SSSR count). The van der Waals surface area contributed by atoms with E-state index in [1.165, 1.54) is 5.57 Å². The highest BCUT2D eigenvalue weighted by molar-refractivity contribution is 5.69. The molecule has 1 atom stereocenters. The van der Waals surface area contributed by atoms with Gasteiger partial charge >= 0.3 is 5.97 Å². The Morgan fingerprint density at radius 2 is 2.55 bits per heavy atom. The lowest BCUT2D eigenvalue weighted by atomic mass is 10.2. The predicted molar refractivity (Wildman–Crippen MR) is 43.2 cm³/mol. The standard InChI is InChI=1S/C9H14O2/c1-3-9(10)11-8-6-4-5-7(8)2/h5,8H,3-4,6H2,1-2H3. The van der Waals surface area contributed by atoms with Crippen LogP contribution in [-0.2, 0) is 9.53 Å². The summed E-state index contributed by atoms with van der Waals surface area (Å²) in [6, 6.07) is 0. The zero-order valence-corrected chi connectivity index (χ0v) is 7.09. The van der Waals surface area contributed by atoms with Crippen LogP contribution in [0.15, 0.2) is 11.6 Å². The minimum absolute atomic E-state index is 0.0717. The molecule has 1 aliphatic carbocycles. The Hall–Kier alpha value is -0.790. The molecule has 0 saturated heterocycles. The van der Waals surface area contributed by atoms with Gasteiger partial charge in [0.15, 0.2) is 0 Å². The van der Waals surface area contributed by atoms with Crippen LogP contribution in [-0.4, -0.2) is 12.1 Å². The van der Waals surface area contributed by atoms with E-state index in [2.05, 4.69) is 6.08 Å². The second-order valence-corrected chi connectivity index (χ2v) is 2.86. The van der Waals surface area contributed by atoms with Crippen LogP contribution in [0.4, 0.5) is 0 Å². The highest BCUT2D eigenvalue weighted by Crippen LogP contribution is 2.21. The van der Waals surface area contributed by atoms with E-state index in [9.17, 15) is 4.79 Å². The number of hydrogen-bond acceptors (Lipinski definition) is 2. The van der Waals surface area contributed by atoms with Gasteiger partial charge < -0.3 is 4.74 Å². The van der Waals surface area contributed by atoms with E-state index in [1.54, 1.807) is 0 Å². The van der Waals surface area contributed by atoms with Gasteiger partial charge in [-0.25, -0.2) is 0 Å². The summed E-state index contributed by atoms with van der Waals surface area (Å²) >= 11 is 0. The third kappa shape index (κ3) is 2.07. The van der Waals surface area contributed by atoms with Gasteiger partial charge in [-0.1, -0.05) is 13.0 Å². The van der Waals surface area contributed by atoms with Crippen molar-refractivity contribution in [1.29, 1.82) is 0 Å². The SMILES string of the molecule is CCC(=O)OC1CCC=C1C. The summed E-state index contributed by atoms with van der Waals surface area (Å²) in [5, 5.41) is 0. The maximum Gasteiger partial charge on any atom is 0.306 e. The summed E-state index contributed by atoms with van der Waals surface area (Å²) in [4.78, 5) is 10.9. The number of esters is 1. The minimum atomic E-state index is -0.0929. The average Bonchev–Trinajstić information content (AvgIpc) is 2.37. The first-order valence-electron chi connectivity index (χ1n) is 4.10. The molecule has 0 saturated carbocycles. The lowest BCUT2D eigenvalue weighted by Crippen LogP contribution is -2.15. The van der Waals surface area contributed by atoms with Crippen molar-refractivity contribution in [2.45, 2.75) is 39.2 Å². The fourth-order valence-electron chi connectivity index (χ4n) is 1.22. The maximum atomic E-state index is 10.9. The second-order valence-electron chi connectivity index (χ2n) is 2.86. The molecule has 1 unspecified atom stereocenters. The van der Waals surface area contributed by atoms with Crippen LogP contribution in [0.5, 0.6) is 0 Å². The molecule has 0 bridgehead atoms. The number of rotatable bonds is 2. The summed E-state index contributed by atoms with van der Waals surface area (Å²) in [7, 11) is 0. The molecule has 62 valence electrons. The van der Waals surface area contributed by atoms with Crippen molar-refractivity contribution in [2.24, 2.45) is 0 Å². The van der Waals surface area contributed by atoms with E-state index in [4.69, 9.17) is 4.74 Å². The van der Waals surface area contributed by atoms with Crippen LogP contribution in [0.3, 0.4) is 0 Å². The third-order valence-corrected chi connectivity index (χ3v) is 1.97. The van der Waals surface area contributed by atoms with Gasteiger partial charge in [0.25, 0.3) is 0 Å². The first-order chi connectivity index (χ1) is 5.24. The zero-order chi connectivity index (χ0) is 8.27. The average molecular weight is 154 g/mol. The van der Waals surface area contributed by atoms with Gasteiger partial charge in [0.2, 0.25) is 0 Å². The molecule has 0 aromatic heterocycles. The van der Waals surface area contributed by atoms with Gasteiger partial charge in [0.05, 0.1) is 0 Å². The summed E-state index contributed by atoms with van der Waals surface area (Å²) in [5.74, 6) is -0.0929. The van der Waals surface area contributed by atoms with Crippen molar-refractivity contribution in [1.82, 2.24) is 0 Å². The van der Waals surface area contributed by atoms with Crippen LogP contribution >= 0.6 is 0 Å². The molecule has 0 N–H and O–H groups in total. The normalized spacial score (nSPS) is 23.1. The molecule has 0 amide bonds. The van der Waals surface area contributed by atoms with Crippen LogP contribution in [0.2, 0.25) is 0 Å². The second kappa shape index (κ2) is 3.56. The lowest BCUT2D eigenvalue weighted by molar-refractivity contribution is -0.146. The highest BCUT2D eigenvalue weighted by atomic mass is 16.5. The smallest absolute Gasteiger partial charge is 0.306 e. The van der Waals surface area contributed by atoms with Gasteiger partial charge in [-0.3, -0.25) is 4.79 Å². The molecular weight excluding hydrogens is 140 g/mol. The number of carbonyl (C=O) groups excluding carboxylic acids is 1. The molecule has 0 aromatic carbocycles. The minimum Gasteiger partial charge on any atom is -0.458 e. The monoisotopic (exact) mass is 154 g/mol. The van der Waals surface area contributed by atoms with E-state index in [-0.39, 0.29) is 12.1 Å². The van der Waals surface area contributed by atoms with Crippen molar-refractivity contribution in [3.8, 4) is 0 Å². The molecule has 1 aliphatic rings. The molecule has 0 aromatic rings. The first-order valence-corrected chi connectivity index (χ1v) is 4.10. The maximum absolute atomic E-state index is 10.9. The van der Waals surface area contributed by atoms with Gasteiger partial charge in [-0.2, -0.15) is 0 Å². The Morgan fingerprint density at radius 3 is 3.00 bits per heavy atom. The lowest BCUT2D eigenvalue weighted by Gasteiger charge is -2.12. The topological polar surface area (TPSA) is 26.3 Å². The third-order valence-electron chi connectivity index (χ3n) is 1.97. The van der Waals surface area contributed by atoms with E-state index in [1.807, 2.05) is 13.8 Å². The number of hydrogen-bond donors (Lipinski definition) is 0. The summed E-state index contributed by atoms with van der Waals surface area (Å²) in [6.45, 7) is 3.83. The Kier molecular flexibility index (Phi) is 2.69. The molecular formula is C9H14O2. The molecule has 0 fully saturated rings. The van der Waals surface area contributed by atoms with E-state index in [0.29, 0.717) is 6.42 Å². The van der Waals surface area contributed by atoms with Gasteiger partial charge in [0, 0.05) is 6.42 Å². The van der Waals surface area contributed by atoms with E-state index < -0.39 is 0 Å². The molecule has 0 spiro atoms. The van der Waals surface area contributed by atoms with E-state index >= 15 is 0 Å². The number of ether oxygens (including phenoxy) is 1. The van der Waals surface area contributed by atoms with Crippen molar-refractivity contribution in [3.63, 3.8) is 0 Å². The fraction of sp³-hybridized carbons (Fsp3) is 0.667. The zero-order valence-electron chi connectivity index (χ0n) is 7.09. The van der Waals surface area contributed by atoms with Crippen LogP contribution in [0, 0.1) is 0 Å². The molecule has 2 nitrogen and oxygen atoms in total. The van der Waals surface area contributed by atoms with Gasteiger partial charge in [-0.05, 0) is 25.3 Å². The predicted octanol–water partition coefficient (Wildman–Crippen LogP) is 2.05. The summed E-state index contributed by atoms with van der Waals surface area (Å²) < 4.78 is 5.17. The van der Waals surface area contributed by atoms with Crippen LogP contribution in [0.1, 0.15) is 33.1 Å². The van der Waals surface area contributed by atoms with Crippen molar-refractivity contribution in [2.75, 3.05) is 0 Å². The Balaban J connectivity index is 2.38.